The van der Waals surface area contributed by atoms with Gasteiger partial charge in [0.25, 0.3) is 0 Å². The summed E-state index contributed by atoms with van der Waals surface area (Å²) in [5, 5.41) is 17.1. The third-order valence-electron chi connectivity index (χ3n) is 2.29. The van der Waals surface area contributed by atoms with Gasteiger partial charge in [0.2, 0.25) is 0 Å². The van der Waals surface area contributed by atoms with Gasteiger partial charge in [-0.05, 0) is 20.3 Å². The predicted octanol–water partition coefficient (Wildman–Crippen LogP) is 1.45. The Hall–Kier alpha value is -1.02. The van der Waals surface area contributed by atoms with Crippen molar-refractivity contribution in [1.82, 2.24) is 0 Å². The lowest BCUT2D eigenvalue weighted by molar-refractivity contribution is 0.582. The van der Waals surface area contributed by atoms with Crippen LogP contribution in [0.5, 0.6) is 0 Å². The second-order valence-electron chi connectivity index (χ2n) is 3.06. The van der Waals surface area contributed by atoms with Crippen LogP contribution < -0.4 is 0 Å². The monoisotopic (exact) mass is 120 g/mol. The summed E-state index contributed by atoms with van der Waals surface area (Å²) in [5.74, 6) is 0. The van der Waals surface area contributed by atoms with Crippen molar-refractivity contribution in [1.29, 1.82) is 10.5 Å². The Morgan fingerprint density at radius 3 is 1.56 bits per heavy atom. The SMILES string of the molecule is C[C@@]1(C#N)C[C@@]1(C)C#N. The lowest BCUT2D eigenvalue weighted by atomic mass is 10.00. The highest BCUT2D eigenvalue weighted by atomic mass is 14.6. The molecule has 0 aromatic rings. The second kappa shape index (κ2) is 1.28. The maximum Gasteiger partial charge on any atom is 0.0745 e. The predicted molar refractivity (Wildman–Crippen MR) is 32.1 cm³/mol. The van der Waals surface area contributed by atoms with Gasteiger partial charge in [-0.3, -0.25) is 0 Å². The Kier molecular flexibility index (Phi) is 0.866. The van der Waals surface area contributed by atoms with E-state index in [2.05, 4.69) is 12.1 Å². The van der Waals surface area contributed by atoms with Crippen molar-refractivity contribution >= 4 is 0 Å². The summed E-state index contributed by atoms with van der Waals surface area (Å²) in [6.45, 7) is 3.66. The van der Waals surface area contributed by atoms with Crippen LogP contribution in [-0.4, -0.2) is 0 Å². The van der Waals surface area contributed by atoms with Gasteiger partial charge in [0.15, 0.2) is 0 Å². The van der Waals surface area contributed by atoms with Gasteiger partial charge in [-0.2, -0.15) is 10.5 Å². The van der Waals surface area contributed by atoms with Crippen LogP contribution in [-0.2, 0) is 0 Å². The molecule has 46 valence electrons. The molecule has 0 amide bonds. The Labute approximate surface area is 54.7 Å². The first kappa shape index (κ1) is 6.11. The van der Waals surface area contributed by atoms with Gasteiger partial charge in [0.05, 0.1) is 23.0 Å². The average molecular weight is 120 g/mol. The number of hydrogen-bond acceptors (Lipinski definition) is 2. The summed E-state index contributed by atoms with van der Waals surface area (Å²) >= 11 is 0. The zero-order valence-electron chi connectivity index (χ0n) is 5.60. The molecule has 1 saturated carbocycles. The van der Waals surface area contributed by atoms with Crippen molar-refractivity contribution in [3.05, 3.63) is 0 Å². The zero-order valence-corrected chi connectivity index (χ0v) is 5.60. The molecular formula is C7H8N2. The van der Waals surface area contributed by atoms with Crippen molar-refractivity contribution < 1.29 is 0 Å². The van der Waals surface area contributed by atoms with Gasteiger partial charge >= 0.3 is 0 Å². The van der Waals surface area contributed by atoms with E-state index >= 15 is 0 Å². The third-order valence-corrected chi connectivity index (χ3v) is 2.29. The Bertz CT molecular complexity index is 196. The minimum absolute atomic E-state index is 0.359. The van der Waals surface area contributed by atoms with Crippen molar-refractivity contribution in [3.8, 4) is 12.1 Å². The molecule has 0 unspecified atom stereocenters. The van der Waals surface area contributed by atoms with Gasteiger partial charge < -0.3 is 0 Å². The molecular weight excluding hydrogens is 112 g/mol. The lowest BCUT2D eigenvalue weighted by Gasteiger charge is -1.98. The molecule has 9 heavy (non-hydrogen) atoms. The normalized spacial score (nSPS) is 47.1. The van der Waals surface area contributed by atoms with Crippen LogP contribution in [0.15, 0.2) is 0 Å². The molecule has 0 aromatic carbocycles. The highest BCUT2D eigenvalue weighted by Gasteiger charge is 2.62. The summed E-state index contributed by atoms with van der Waals surface area (Å²) in [6, 6.07) is 4.27. The minimum atomic E-state index is -0.359. The van der Waals surface area contributed by atoms with E-state index in [1.165, 1.54) is 0 Å². The minimum Gasteiger partial charge on any atom is -0.198 e. The van der Waals surface area contributed by atoms with E-state index in [1.54, 1.807) is 0 Å². The highest BCUT2D eigenvalue weighted by Crippen LogP contribution is 2.62. The maximum absolute atomic E-state index is 8.53. The van der Waals surface area contributed by atoms with Crippen LogP contribution in [0.25, 0.3) is 0 Å². The van der Waals surface area contributed by atoms with Crippen molar-refractivity contribution in [3.63, 3.8) is 0 Å². The molecule has 0 N–H and O–H groups in total. The first-order valence-electron chi connectivity index (χ1n) is 2.90. The smallest absolute Gasteiger partial charge is 0.0745 e. The van der Waals surface area contributed by atoms with E-state index in [9.17, 15) is 0 Å². The van der Waals surface area contributed by atoms with Crippen LogP contribution >= 0.6 is 0 Å². The van der Waals surface area contributed by atoms with E-state index < -0.39 is 0 Å². The highest BCUT2D eigenvalue weighted by molar-refractivity contribution is 5.29. The zero-order chi connectivity index (χ0) is 7.12. The van der Waals surface area contributed by atoms with Crippen molar-refractivity contribution in [2.24, 2.45) is 10.8 Å². The van der Waals surface area contributed by atoms with E-state index in [1.807, 2.05) is 13.8 Å². The van der Waals surface area contributed by atoms with E-state index in [4.69, 9.17) is 10.5 Å². The third kappa shape index (κ3) is 0.535. The largest absolute Gasteiger partial charge is 0.198 e. The van der Waals surface area contributed by atoms with Gasteiger partial charge in [0, 0.05) is 0 Å². The molecule has 0 saturated heterocycles. The van der Waals surface area contributed by atoms with E-state index in [0.717, 1.165) is 6.42 Å². The Balaban J connectivity index is 2.83. The molecule has 0 bridgehead atoms. The Morgan fingerprint density at radius 1 is 1.11 bits per heavy atom. The van der Waals surface area contributed by atoms with Gasteiger partial charge in [-0.25, -0.2) is 0 Å². The summed E-state index contributed by atoms with van der Waals surface area (Å²) in [6.07, 6.45) is 0.729. The molecule has 1 rings (SSSR count). The van der Waals surface area contributed by atoms with E-state index in [-0.39, 0.29) is 10.8 Å². The van der Waals surface area contributed by atoms with Crippen molar-refractivity contribution in [2.45, 2.75) is 20.3 Å². The molecule has 1 fully saturated rings. The summed E-state index contributed by atoms with van der Waals surface area (Å²) < 4.78 is 0. The molecule has 1 aliphatic carbocycles. The topological polar surface area (TPSA) is 47.6 Å². The fourth-order valence-electron chi connectivity index (χ4n) is 0.989. The molecule has 2 heteroatoms. The fraction of sp³-hybridized carbons (Fsp3) is 0.714. The molecule has 0 spiro atoms. The summed E-state index contributed by atoms with van der Waals surface area (Å²) in [4.78, 5) is 0. The first-order chi connectivity index (χ1) is 4.08. The summed E-state index contributed by atoms with van der Waals surface area (Å²) in [5.41, 5.74) is -0.719. The van der Waals surface area contributed by atoms with Crippen LogP contribution in [0.4, 0.5) is 0 Å². The molecule has 2 atom stereocenters. The van der Waals surface area contributed by atoms with E-state index in [0.29, 0.717) is 0 Å². The van der Waals surface area contributed by atoms with Crippen LogP contribution in [0, 0.1) is 33.5 Å². The molecule has 2 nitrogen and oxygen atoms in total. The number of nitrogens with zero attached hydrogens (tertiary/aromatic N) is 2. The maximum atomic E-state index is 8.53. The summed E-state index contributed by atoms with van der Waals surface area (Å²) in [7, 11) is 0. The Morgan fingerprint density at radius 2 is 1.44 bits per heavy atom. The molecule has 0 radical (unpaired) electrons. The lowest BCUT2D eigenvalue weighted by Crippen LogP contribution is -2.01. The molecule has 1 aliphatic rings. The molecule has 0 aliphatic heterocycles. The number of rotatable bonds is 0. The number of hydrogen-bond donors (Lipinski definition) is 0. The van der Waals surface area contributed by atoms with Gasteiger partial charge in [-0.1, -0.05) is 0 Å². The number of nitriles is 2. The second-order valence-corrected chi connectivity index (χ2v) is 3.06. The first-order valence-corrected chi connectivity index (χ1v) is 2.90. The van der Waals surface area contributed by atoms with Crippen molar-refractivity contribution in [2.75, 3.05) is 0 Å². The van der Waals surface area contributed by atoms with Crippen LogP contribution in [0.3, 0.4) is 0 Å². The van der Waals surface area contributed by atoms with Crippen LogP contribution in [0.2, 0.25) is 0 Å². The average Bonchev–Trinajstić information content (AvgIpc) is 2.39. The van der Waals surface area contributed by atoms with Gasteiger partial charge in [0.1, 0.15) is 0 Å². The standard InChI is InChI=1S/C7H8N2/c1-6(4-8)3-7(6,2)5-9/h3H2,1-2H3/t6-,7-/m0/s1. The molecule has 0 aromatic heterocycles. The fourth-order valence-corrected chi connectivity index (χ4v) is 0.989. The van der Waals surface area contributed by atoms with Crippen LogP contribution in [0.1, 0.15) is 20.3 Å². The molecule has 0 heterocycles. The quantitative estimate of drug-likeness (QED) is 0.485. The van der Waals surface area contributed by atoms with Gasteiger partial charge in [-0.15, -0.1) is 0 Å².